The number of rotatable bonds is 2. The molecular formula is C12H22O. The molecule has 2 fully saturated rings. The zero-order valence-electron chi connectivity index (χ0n) is 8.92. The Bertz CT molecular complexity index is 186. The summed E-state index contributed by atoms with van der Waals surface area (Å²) in [6.07, 6.45) is 6.73. The number of fused-ring (bicyclic) bond motifs is 1. The fourth-order valence-corrected chi connectivity index (χ4v) is 3.41. The Balaban J connectivity index is 1.97. The molecule has 0 aromatic carbocycles. The summed E-state index contributed by atoms with van der Waals surface area (Å²) in [6.45, 7) is 4.96. The molecule has 0 spiro atoms. The van der Waals surface area contributed by atoms with E-state index in [2.05, 4.69) is 13.8 Å². The Hall–Kier alpha value is -0.0400. The SMILES string of the molecule is CC[C@@H]1C[C@H]2CCC(C)(CO)CC12. The first-order valence-electron chi connectivity index (χ1n) is 5.79. The highest BCUT2D eigenvalue weighted by atomic mass is 16.3. The minimum atomic E-state index is 0.259. The van der Waals surface area contributed by atoms with Crippen LogP contribution in [-0.4, -0.2) is 11.7 Å². The average Bonchev–Trinajstić information content (AvgIpc) is 2.12. The second kappa shape index (κ2) is 3.27. The highest BCUT2D eigenvalue weighted by Gasteiger charge is 2.46. The van der Waals surface area contributed by atoms with Gasteiger partial charge in [-0.05, 0) is 48.9 Å². The predicted molar refractivity (Wildman–Crippen MR) is 54.4 cm³/mol. The van der Waals surface area contributed by atoms with E-state index in [4.69, 9.17) is 0 Å². The fourth-order valence-electron chi connectivity index (χ4n) is 3.41. The lowest BCUT2D eigenvalue weighted by Gasteiger charge is -2.53. The monoisotopic (exact) mass is 182 g/mol. The van der Waals surface area contributed by atoms with Gasteiger partial charge in [-0.25, -0.2) is 0 Å². The third kappa shape index (κ3) is 1.52. The van der Waals surface area contributed by atoms with Crippen molar-refractivity contribution in [1.29, 1.82) is 0 Å². The lowest BCUT2D eigenvalue weighted by atomic mass is 9.53. The van der Waals surface area contributed by atoms with Gasteiger partial charge in [0.15, 0.2) is 0 Å². The number of hydrogen-bond acceptors (Lipinski definition) is 1. The molecule has 13 heavy (non-hydrogen) atoms. The molecule has 2 aliphatic rings. The highest BCUT2D eigenvalue weighted by Crippen LogP contribution is 2.55. The van der Waals surface area contributed by atoms with Crippen LogP contribution in [0.4, 0.5) is 0 Å². The van der Waals surface area contributed by atoms with Crippen molar-refractivity contribution in [3.63, 3.8) is 0 Å². The van der Waals surface area contributed by atoms with Crippen LogP contribution in [0.25, 0.3) is 0 Å². The second-order valence-electron chi connectivity index (χ2n) is 5.54. The summed E-state index contributed by atoms with van der Waals surface area (Å²) >= 11 is 0. The maximum absolute atomic E-state index is 9.34. The van der Waals surface area contributed by atoms with Gasteiger partial charge in [-0.1, -0.05) is 20.3 Å². The van der Waals surface area contributed by atoms with E-state index in [-0.39, 0.29) is 5.41 Å². The molecule has 2 saturated carbocycles. The van der Waals surface area contributed by atoms with Crippen LogP contribution in [0.5, 0.6) is 0 Å². The van der Waals surface area contributed by atoms with Gasteiger partial charge in [0.25, 0.3) is 0 Å². The van der Waals surface area contributed by atoms with Crippen LogP contribution in [0.3, 0.4) is 0 Å². The topological polar surface area (TPSA) is 20.2 Å². The van der Waals surface area contributed by atoms with Gasteiger partial charge in [-0.2, -0.15) is 0 Å². The van der Waals surface area contributed by atoms with Gasteiger partial charge < -0.3 is 5.11 Å². The summed E-state index contributed by atoms with van der Waals surface area (Å²) in [7, 11) is 0. The molecule has 0 bridgehead atoms. The van der Waals surface area contributed by atoms with Gasteiger partial charge in [0.2, 0.25) is 0 Å². The predicted octanol–water partition coefficient (Wildman–Crippen LogP) is 2.83. The van der Waals surface area contributed by atoms with Gasteiger partial charge in [-0.15, -0.1) is 0 Å². The Labute approximate surface area is 81.5 Å². The summed E-state index contributed by atoms with van der Waals surface area (Å²) in [5, 5.41) is 9.34. The van der Waals surface area contributed by atoms with E-state index in [0.29, 0.717) is 6.61 Å². The first kappa shape index (κ1) is 9.51. The molecule has 2 aliphatic carbocycles. The molecule has 0 aromatic heterocycles. The molecule has 0 saturated heterocycles. The third-order valence-electron chi connectivity index (χ3n) is 4.57. The van der Waals surface area contributed by atoms with Crippen molar-refractivity contribution in [2.24, 2.45) is 23.2 Å². The Morgan fingerprint density at radius 3 is 2.85 bits per heavy atom. The quantitative estimate of drug-likeness (QED) is 0.696. The maximum Gasteiger partial charge on any atom is 0.0484 e. The Morgan fingerprint density at radius 2 is 2.23 bits per heavy atom. The molecule has 0 aliphatic heterocycles. The molecule has 0 heterocycles. The van der Waals surface area contributed by atoms with Crippen LogP contribution in [0.2, 0.25) is 0 Å². The Morgan fingerprint density at radius 1 is 1.46 bits per heavy atom. The average molecular weight is 182 g/mol. The molecule has 1 heteroatoms. The summed E-state index contributed by atoms with van der Waals surface area (Å²) in [6, 6.07) is 0. The summed E-state index contributed by atoms with van der Waals surface area (Å²) < 4.78 is 0. The van der Waals surface area contributed by atoms with E-state index in [1.807, 2.05) is 0 Å². The van der Waals surface area contributed by atoms with Gasteiger partial charge in [0.1, 0.15) is 0 Å². The van der Waals surface area contributed by atoms with Crippen molar-refractivity contribution in [3.8, 4) is 0 Å². The standard InChI is InChI=1S/C12H22O/c1-3-9-6-10-4-5-12(2,8-13)7-11(9)10/h9-11,13H,3-8H2,1-2H3/t9-,10-,11?,12?/m1/s1. The van der Waals surface area contributed by atoms with Gasteiger partial charge >= 0.3 is 0 Å². The van der Waals surface area contributed by atoms with Crippen LogP contribution in [-0.2, 0) is 0 Å². The van der Waals surface area contributed by atoms with Gasteiger partial charge in [0.05, 0.1) is 0 Å². The Kier molecular flexibility index (Phi) is 2.39. The van der Waals surface area contributed by atoms with Crippen molar-refractivity contribution in [2.75, 3.05) is 6.61 Å². The fraction of sp³-hybridized carbons (Fsp3) is 1.00. The molecule has 2 unspecified atom stereocenters. The van der Waals surface area contributed by atoms with Crippen LogP contribution < -0.4 is 0 Å². The molecular weight excluding hydrogens is 160 g/mol. The molecule has 1 N–H and O–H groups in total. The molecule has 2 rings (SSSR count). The largest absolute Gasteiger partial charge is 0.396 e. The van der Waals surface area contributed by atoms with Gasteiger partial charge in [-0.3, -0.25) is 0 Å². The van der Waals surface area contributed by atoms with E-state index >= 15 is 0 Å². The lowest BCUT2D eigenvalue weighted by Crippen LogP contribution is -2.45. The zero-order valence-corrected chi connectivity index (χ0v) is 8.92. The van der Waals surface area contributed by atoms with Crippen molar-refractivity contribution in [3.05, 3.63) is 0 Å². The van der Waals surface area contributed by atoms with Crippen molar-refractivity contribution >= 4 is 0 Å². The van der Waals surface area contributed by atoms with E-state index in [1.54, 1.807) is 0 Å². The smallest absolute Gasteiger partial charge is 0.0484 e. The summed E-state index contributed by atoms with van der Waals surface area (Å²) in [5.41, 5.74) is 0.259. The van der Waals surface area contributed by atoms with Crippen LogP contribution in [0.15, 0.2) is 0 Å². The van der Waals surface area contributed by atoms with E-state index in [1.165, 1.54) is 32.1 Å². The molecule has 0 radical (unpaired) electrons. The van der Waals surface area contributed by atoms with Crippen LogP contribution >= 0.6 is 0 Å². The van der Waals surface area contributed by atoms with Crippen molar-refractivity contribution < 1.29 is 5.11 Å². The third-order valence-corrected chi connectivity index (χ3v) is 4.57. The first-order valence-corrected chi connectivity index (χ1v) is 5.79. The molecule has 4 atom stereocenters. The normalized spacial score (nSPS) is 49.6. The minimum Gasteiger partial charge on any atom is -0.396 e. The van der Waals surface area contributed by atoms with Crippen LogP contribution in [0.1, 0.15) is 46.0 Å². The van der Waals surface area contributed by atoms with Gasteiger partial charge in [0, 0.05) is 6.61 Å². The van der Waals surface area contributed by atoms with E-state index in [9.17, 15) is 5.11 Å². The number of hydrogen-bond donors (Lipinski definition) is 1. The maximum atomic E-state index is 9.34. The van der Waals surface area contributed by atoms with E-state index < -0.39 is 0 Å². The number of aliphatic hydroxyl groups excluding tert-OH is 1. The summed E-state index contributed by atoms with van der Waals surface area (Å²) in [4.78, 5) is 0. The van der Waals surface area contributed by atoms with Crippen molar-refractivity contribution in [2.45, 2.75) is 46.0 Å². The molecule has 76 valence electrons. The van der Waals surface area contributed by atoms with Crippen LogP contribution in [0, 0.1) is 23.2 Å². The first-order chi connectivity index (χ1) is 6.18. The number of aliphatic hydroxyl groups is 1. The minimum absolute atomic E-state index is 0.259. The zero-order chi connectivity index (χ0) is 9.47. The molecule has 1 nitrogen and oxygen atoms in total. The lowest BCUT2D eigenvalue weighted by molar-refractivity contribution is -0.0483. The molecule has 0 amide bonds. The second-order valence-corrected chi connectivity index (χ2v) is 5.54. The van der Waals surface area contributed by atoms with E-state index in [0.717, 1.165) is 17.8 Å². The summed E-state index contributed by atoms with van der Waals surface area (Å²) in [5.74, 6) is 2.96. The highest BCUT2D eigenvalue weighted by molar-refractivity contribution is 4.96. The van der Waals surface area contributed by atoms with Crippen molar-refractivity contribution in [1.82, 2.24) is 0 Å². The molecule has 0 aromatic rings.